The highest BCUT2D eigenvalue weighted by atomic mass is 32.2. The van der Waals surface area contributed by atoms with Crippen molar-refractivity contribution in [1.29, 1.82) is 0 Å². The van der Waals surface area contributed by atoms with E-state index in [0.717, 1.165) is 12.1 Å². The molecule has 0 aliphatic rings. The van der Waals surface area contributed by atoms with Crippen molar-refractivity contribution in [3.63, 3.8) is 0 Å². The Morgan fingerprint density at radius 2 is 1.55 bits per heavy atom. The van der Waals surface area contributed by atoms with Gasteiger partial charge in [0.25, 0.3) is 6.10 Å². The van der Waals surface area contributed by atoms with E-state index in [1.807, 2.05) is 0 Å². The molecule has 0 bridgehead atoms. The van der Waals surface area contributed by atoms with Crippen molar-refractivity contribution in [2.75, 3.05) is 0 Å². The Labute approximate surface area is 111 Å². The molecule has 0 heterocycles. The van der Waals surface area contributed by atoms with Crippen molar-refractivity contribution >= 4 is 16.7 Å². The summed E-state index contributed by atoms with van der Waals surface area (Å²) in [4.78, 5) is 11.3. The molecule has 0 aliphatic heterocycles. The summed E-state index contributed by atoms with van der Waals surface area (Å²) in [5, 5.41) is -5.25. The number of ether oxygens (including phenoxy) is 1. The third-order valence-electron chi connectivity index (χ3n) is 2.09. The number of rotatable bonds is 4. The number of hydrogen-bond donors (Lipinski definition) is 1. The second kappa shape index (κ2) is 5.73. The van der Waals surface area contributed by atoms with Gasteiger partial charge in [0.2, 0.25) is 10.7 Å². The van der Waals surface area contributed by atoms with Gasteiger partial charge in [-0.25, -0.2) is 13.2 Å². The summed E-state index contributed by atoms with van der Waals surface area (Å²) in [6, 6.07) is 6.04. The maximum atomic E-state index is 13.0. The fourth-order valence-corrected chi connectivity index (χ4v) is 1.57. The molecular formula is C10H7F5O4S. The fourth-order valence-electron chi connectivity index (χ4n) is 1.18. The standard InChI is InChI=1S/C10H7F5O4S/c11-9(12,13)8(10(14,15)20(17)18)19-7(16)6-4-2-1-3-5-6/h1-5,8,20H. The van der Waals surface area contributed by atoms with Crippen LogP contribution in [-0.2, 0) is 15.4 Å². The lowest BCUT2D eigenvalue weighted by molar-refractivity contribution is -0.246. The van der Waals surface area contributed by atoms with Gasteiger partial charge in [-0.1, -0.05) is 18.2 Å². The summed E-state index contributed by atoms with van der Waals surface area (Å²) in [5.41, 5.74) is -0.418. The predicted octanol–water partition coefficient (Wildman–Crippen LogP) is 1.98. The van der Waals surface area contributed by atoms with Crippen LogP contribution < -0.4 is 0 Å². The molecule has 1 aromatic rings. The van der Waals surface area contributed by atoms with Crippen molar-refractivity contribution in [3.05, 3.63) is 35.9 Å². The van der Waals surface area contributed by atoms with E-state index >= 15 is 0 Å². The SMILES string of the molecule is O=C(OC(C(F)(F)F)C(F)(F)[SH](=O)=O)c1ccccc1. The molecule has 1 rings (SSSR count). The summed E-state index contributed by atoms with van der Waals surface area (Å²) < 4.78 is 87.3. The Balaban J connectivity index is 3.07. The third-order valence-corrected chi connectivity index (χ3v) is 2.81. The van der Waals surface area contributed by atoms with Crippen molar-refractivity contribution in [2.45, 2.75) is 17.5 Å². The van der Waals surface area contributed by atoms with Gasteiger partial charge in [0.15, 0.2) is 0 Å². The first kappa shape index (κ1) is 16.3. The molecule has 0 saturated heterocycles. The van der Waals surface area contributed by atoms with Crippen LogP contribution in [0.2, 0.25) is 0 Å². The summed E-state index contributed by atoms with van der Waals surface area (Å²) in [6.45, 7) is 0. The molecule has 0 radical (unpaired) electrons. The Kier molecular flexibility index (Phi) is 4.69. The maximum Gasteiger partial charge on any atom is 0.432 e. The van der Waals surface area contributed by atoms with Gasteiger partial charge in [-0.05, 0) is 12.1 Å². The summed E-state index contributed by atoms with van der Waals surface area (Å²) in [7, 11) is -4.78. The lowest BCUT2D eigenvalue weighted by Gasteiger charge is -2.24. The number of hydrogen-bond acceptors (Lipinski definition) is 4. The molecule has 0 fully saturated rings. The number of benzene rings is 1. The van der Waals surface area contributed by atoms with E-state index in [2.05, 4.69) is 4.74 Å². The van der Waals surface area contributed by atoms with Gasteiger partial charge in [0.05, 0.1) is 5.56 Å². The first-order chi connectivity index (χ1) is 9.06. The van der Waals surface area contributed by atoms with Gasteiger partial charge >= 0.3 is 17.4 Å². The van der Waals surface area contributed by atoms with Gasteiger partial charge in [-0.3, -0.25) is 0 Å². The zero-order chi connectivity index (χ0) is 15.6. The average molecular weight is 318 g/mol. The Morgan fingerprint density at radius 3 is 1.95 bits per heavy atom. The molecule has 0 saturated carbocycles. The van der Waals surface area contributed by atoms with Crippen LogP contribution >= 0.6 is 0 Å². The fraction of sp³-hybridized carbons (Fsp3) is 0.300. The number of halogens is 5. The van der Waals surface area contributed by atoms with Crippen molar-refractivity contribution < 1.29 is 39.9 Å². The van der Waals surface area contributed by atoms with Gasteiger partial charge in [-0.15, -0.1) is 0 Å². The summed E-state index contributed by atoms with van der Waals surface area (Å²) in [5.74, 6) is -1.70. The molecule has 20 heavy (non-hydrogen) atoms. The van der Waals surface area contributed by atoms with Crippen molar-refractivity contribution in [1.82, 2.24) is 0 Å². The molecule has 0 aromatic heterocycles. The van der Waals surface area contributed by atoms with Crippen LogP contribution in [0.1, 0.15) is 10.4 Å². The van der Waals surface area contributed by atoms with E-state index in [0.29, 0.717) is 0 Å². The highest BCUT2D eigenvalue weighted by molar-refractivity contribution is 7.73. The molecule has 112 valence electrons. The molecule has 1 unspecified atom stereocenters. The van der Waals surface area contributed by atoms with Gasteiger partial charge in [0.1, 0.15) is 0 Å². The normalized spacial score (nSPS) is 14.1. The smallest absolute Gasteiger partial charge is 0.432 e. The minimum Gasteiger partial charge on any atom is -0.441 e. The van der Waals surface area contributed by atoms with Gasteiger partial charge in [0, 0.05) is 0 Å². The number of esters is 1. The molecule has 1 aromatic carbocycles. The Bertz CT molecular complexity index is 545. The molecule has 1 atom stereocenters. The topological polar surface area (TPSA) is 60.4 Å². The van der Waals surface area contributed by atoms with Crippen LogP contribution in [0.5, 0.6) is 0 Å². The van der Waals surface area contributed by atoms with Gasteiger partial charge < -0.3 is 4.74 Å². The lowest BCUT2D eigenvalue weighted by Crippen LogP contribution is -2.48. The summed E-state index contributed by atoms with van der Waals surface area (Å²) in [6.07, 6.45) is -9.80. The zero-order valence-electron chi connectivity index (χ0n) is 9.43. The molecule has 0 aliphatic carbocycles. The quantitative estimate of drug-likeness (QED) is 0.524. The van der Waals surface area contributed by atoms with Crippen LogP contribution in [0, 0.1) is 0 Å². The van der Waals surface area contributed by atoms with Crippen LogP contribution in [-0.4, -0.2) is 31.9 Å². The average Bonchev–Trinajstić information content (AvgIpc) is 2.34. The van der Waals surface area contributed by atoms with E-state index in [4.69, 9.17) is 0 Å². The van der Waals surface area contributed by atoms with Crippen LogP contribution in [0.4, 0.5) is 22.0 Å². The Morgan fingerprint density at radius 1 is 1.05 bits per heavy atom. The molecule has 0 N–H and O–H groups in total. The first-order valence-corrected chi connectivity index (χ1v) is 6.09. The van der Waals surface area contributed by atoms with Crippen LogP contribution in [0.3, 0.4) is 0 Å². The molecule has 10 heteroatoms. The molecule has 0 amide bonds. The number of carbonyl (C=O) groups is 1. The summed E-state index contributed by atoms with van der Waals surface area (Å²) >= 11 is 0. The molecule has 0 spiro atoms. The molecular weight excluding hydrogens is 311 g/mol. The number of alkyl halides is 5. The van der Waals surface area contributed by atoms with E-state index in [9.17, 15) is 35.2 Å². The Hall–Kier alpha value is -1.71. The van der Waals surface area contributed by atoms with E-state index in [-0.39, 0.29) is 0 Å². The van der Waals surface area contributed by atoms with Gasteiger partial charge in [-0.2, -0.15) is 22.0 Å². The monoisotopic (exact) mass is 318 g/mol. The van der Waals surface area contributed by atoms with Crippen molar-refractivity contribution in [3.8, 4) is 0 Å². The lowest BCUT2D eigenvalue weighted by atomic mass is 10.2. The van der Waals surface area contributed by atoms with Crippen LogP contribution in [0.15, 0.2) is 30.3 Å². The zero-order valence-corrected chi connectivity index (χ0v) is 10.3. The van der Waals surface area contributed by atoms with Crippen LogP contribution in [0.25, 0.3) is 0 Å². The van der Waals surface area contributed by atoms with E-state index in [1.165, 1.54) is 18.2 Å². The minimum atomic E-state index is -5.73. The number of carbonyl (C=O) groups excluding carboxylic acids is 1. The number of thiol groups is 1. The van der Waals surface area contributed by atoms with E-state index < -0.39 is 39.8 Å². The predicted molar refractivity (Wildman–Crippen MR) is 57.0 cm³/mol. The molecule has 4 nitrogen and oxygen atoms in total. The highest BCUT2D eigenvalue weighted by Gasteiger charge is 2.61. The first-order valence-electron chi connectivity index (χ1n) is 4.92. The highest BCUT2D eigenvalue weighted by Crippen LogP contribution is 2.35. The van der Waals surface area contributed by atoms with Crippen molar-refractivity contribution in [2.24, 2.45) is 0 Å². The second-order valence-electron chi connectivity index (χ2n) is 3.54. The maximum absolute atomic E-state index is 13.0. The second-order valence-corrected chi connectivity index (χ2v) is 4.65. The third kappa shape index (κ3) is 3.65. The minimum absolute atomic E-state index is 0.418. The van der Waals surface area contributed by atoms with E-state index in [1.54, 1.807) is 0 Å². The largest absolute Gasteiger partial charge is 0.441 e.